The van der Waals surface area contributed by atoms with Gasteiger partial charge in [-0.1, -0.05) is 24.3 Å². The lowest BCUT2D eigenvalue weighted by Gasteiger charge is -2.30. The third-order valence-electron chi connectivity index (χ3n) is 6.35. The van der Waals surface area contributed by atoms with E-state index in [2.05, 4.69) is 10.3 Å². The maximum absolute atomic E-state index is 13.2. The molecule has 2 aromatic heterocycles. The average Bonchev–Trinajstić information content (AvgIpc) is 3.62. The summed E-state index contributed by atoms with van der Waals surface area (Å²) in [5.41, 5.74) is 3.09. The van der Waals surface area contributed by atoms with E-state index < -0.39 is 6.10 Å². The van der Waals surface area contributed by atoms with Gasteiger partial charge >= 0.3 is 0 Å². The zero-order chi connectivity index (χ0) is 23.5. The molecule has 3 heterocycles. The van der Waals surface area contributed by atoms with E-state index in [0.717, 1.165) is 23.5 Å². The zero-order valence-corrected chi connectivity index (χ0v) is 19.3. The molecule has 1 aliphatic carbocycles. The van der Waals surface area contributed by atoms with Crippen LogP contribution in [0.25, 0.3) is 0 Å². The number of hydrogen-bond donors (Lipinski definition) is 1. The number of carbonyl (C=O) groups excluding carboxylic acids is 2. The van der Waals surface area contributed by atoms with Crippen molar-refractivity contribution >= 4 is 11.8 Å². The normalized spacial score (nSPS) is 16.0. The Balaban J connectivity index is 1.32. The summed E-state index contributed by atoms with van der Waals surface area (Å²) in [5.74, 6) is 0.962. The van der Waals surface area contributed by atoms with Crippen LogP contribution in [0.1, 0.15) is 47.2 Å². The van der Waals surface area contributed by atoms with Gasteiger partial charge in [0.25, 0.3) is 11.8 Å². The van der Waals surface area contributed by atoms with Gasteiger partial charge in [-0.05, 0) is 49.9 Å². The summed E-state index contributed by atoms with van der Waals surface area (Å²) in [6.07, 6.45) is 4.16. The lowest BCUT2D eigenvalue weighted by Crippen LogP contribution is -2.43. The minimum absolute atomic E-state index is 0.0933. The summed E-state index contributed by atoms with van der Waals surface area (Å²) in [6, 6.07) is 14.9. The fourth-order valence-corrected chi connectivity index (χ4v) is 4.33. The molecule has 2 amide bonds. The van der Waals surface area contributed by atoms with E-state index in [1.807, 2.05) is 53.2 Å². The summed E-state index contributed by atoms with van der Waals surface area (Å²) >= 11 is 0. The SMILES string of the molecule is C[C@@H](Oc1ccccc1)C(=O)N1CCc2c(c(C(=O)NCc3ccccn3)nn2CC2CC2)C1. The van der Waals surface area contributed by atoms with E-state index in [9.17, 15) is 9.59 Å². The zero-order valence-electron chi connectivity index (χ0n) is 19.3. The summed E-state index contributed by atoms with van der Waals surface area (Å²) < 4.78 is 7.84. The molecule has 176 valence electrons. The van der Waals surface area contributed by atoms with E-state index in [0.29, 0.717) is 43.4 Å². The molecule has 8 nitrogen and oxygen atoms in total. The third kappa shape index (κ3) is 4.95. The van der Waals surface area contributed by atoms with Crippen LogP contribution in [0.3, 0.4) is 0 Å². The average molecular weight is 460 g/mol. The monoisotopic (exact) mass is 459 g/mol. The first-order chi connectivity index (χ1) is 16.6. The van der Waals surface area contributed by atoms with Crippen molar-refractivity contribution in [3.8, 4) is 5.75 Å². The quantitative estimate of drug-likeness (QED) is 0.559. The highest BCUT2D eigenvalue weighted by Crippen LogP contribution is 2.33. The number of amides is 2. The Kier molecular flexibility index (Phi) is 6.29. The number of nitrogens with one attached hydrogen (secondary N) is 1. The highest BCUT2D eigenvalue weighted by atomic mass is 16.5. The first-order valence-corrected chi connectivity index (χ1v) is 11.9. The highest BCUT2D eigenvalue weighted by Gasteiger charge is 2.33. The molecule has 0 spiro atoms. The van der Waals surface area contributed by atoms with Crippen LogP contribution in [0.4, 0.5) is 0 Å². The van der Waals surface area contributed by atoms with Gasteiger partial charge in [0.05, 0.1) is 12.2 Å². The summed E-state index contributed by atoms with van der Waals surface area (Å²) in [7, 11) is 0. The fourth-order valence-electron chi connectivity index (χ4n) is 4.33. The van der Waals surface area contributed by atoms with Crippen molar-refractivity contribution in [2.75, 3.05) is 6.54 Å². The van der Waals surface area contributed by atoms with Crippen LogP contribution in [0.2, 0.25) is 0 Å². The smallest absolute Gasteiger partial charge is 0.272 e. The Hall–Kier alpha value is -3.68. The second-order valence-electron chi connectivity index (χ2n) is 8.99. The van der Waals surface area contributed by atoms with Gasteiger partial charge in [0.2, 0.25) is 0 Å². The number of para-hydroxylation sites is 1. The molecule has 1 saturated carbocycles. The van der Waals surface area contributed by atoms with Crippen LogP contribution in [-0.4, -0.2) is 44.1 Å². The second kappa shape index (κ2) is 9.67. The molecule has 34 heavy (non-hydrogen) atoms. The Morgan fingerprint density at radius 3 is 2.68 bits per heavy atom. The minimum atomic E-state index is -0.619. The van der Waals surface area contributed by atoms with E-state index in [4.69, 9.17) is 9.84 Å². The molecule has 5 rings (SSSR count). The summed E-state index contributed by atoms with van der Waals surface area (Å²) in [4.78, 5) is 32.3. The van der Waals surface area contributed by atoms with Crippen LogP contribution in [0.5, 0.6) is 5.75 Å². The van der Waals surface area contributed by atoms with Crippen LogP contribution < -0.4 is 10.1 Å². The molecule has 2 aliphatic rings. The predicted octanol–water partition coefficient (Wildman–Crippen LogP) is 2.97. The maximum Gasteiger partial charge on any atom is 0.272 e. The Morgan fingerprint density at radius 2 is 1.94 bits per heavy atom. The van der Waals surface area contributed by atoms with E-state index in [-0.39, 0.29) is 11.8 Å². The molecule has 0 bridgehead atoms. The fraction of sp³-hybridized carbons (Fsp3) is 0.385. The second-order valence-corrected chi connectivity index (χ2v) is 8.99. The van der Waals surface area contributed by atoms with Crippen molar-refractivity contribution in [3.05, 3.63) is 77.4 Å². The van der Waals surface area contributed by atoms with Gasteiger partial charge in [-0.2, -0.15) is 5.10 Å². The van der Waals surface area contributed by atoms with Crippen LogP contribution in [-0.2, 0) is 30.8 Å². The predicted molar refractivity (Wildman–Crippen MR) is 126 cm³/mol. The standard InChI is InChI=1S/C26H29N5O3/c1-18(34-21-8-3-2-4-9-21)26(33)30-14-12-23-22(17-30)24(29-31(23)16-19-10-11-19)25(32)28-15-20-7-5-6-13-27-20/h2-9,13,18-19H,10-12,14-17H2,1H3,(H,28,32)/t18-/m1/s1. The first kappa shape index (κ1) is 22.1. The molecule has 0 radical (unpaired) electrons. The van der Waals surface area contributed by atoms with E-state index in [1.165, 1.54) is 12.8 Å². The number of ether oxygens (including phenoxy) is 1. The number of fused-ring (bicyclic) bond motifs is 1. The molecular formula is C26H29N5O3. The summed E-state index contributed by atoms with van der Waals surface area (Å²) in [5, 5.41) is 7.65. The summed E-state index contributed by atoms with van der Waals surface area (Å²) in [6.45, 7) is 3.86. The van der Waals surface area contributed by atoms with Crippen molar-refractivity contribution in [2.45, 2.75) is 51.9 Å². The number of benzene rings is 1. The molecular weight excluding hydrogens is 430 g/mol. The lowest BCUT2D eigenvalue weighted by atomic mass is 10.0. The van der Waals surface area contributed by atoms with Crippen molar-refractivity contribution in [1.82, 2.24) is 25.0 Å². The molecule has 8 heteroatoms. The van der Waals surface area contributed by atoms with Crippen LogP contribution >= 0.6 is 0 Å². The van der Waals surface area contributed by atoms with Crippen molar-refractivity contribution < 1.29 is 14.3 Å². The minimum Gasteiger partial charge on any atom is -0.481 e. The largest absolute Gasteiger partial charge is 0.481 e. The Bertz CT molecular complexity index is 1160. The van der Waals surface area contributed by atoms with Crippen molar-refractivity contribution in [3.63, 3.8) is 0 Å². The highest BCUT2D eigenvalue weighted by molar-refractivity contribution is 5.94. The molecule has 1 aliphatic heterocycles. The van der Waals surface area contributed by atoms with Gasteiger partial charge in [-0.25, -0.2) is 0 Å². The van der Waals surface area contributed by atoms with Crippen molar-refractivity contribution in [1.29, 1.82) is 0 Å². The number of rotatable bonds is 8. The molecule has 3 aromatic rings. The van der Waals surface area contributed by atoms with Crippen LogP contribution in [0, 0.1) is 5.92 Å². The number of hydrogen-bond acceptors (Lipinski definition) is 5. The van der Waals surface area contributed by atoms with Gasteiger partial charge in [-0.3, -0.25) is 19.3 Å². The molecule has 1 fully saturated rings. The number of pyridine rings is 1. The van der Waals surface area contributed by atoms with Gasteiger partial charge in [0.15, 0.2) is 11.8 Å². The van der Waals surface area contributed by atoms with Crippen LogP contribution in [0.15, 0.2) is 54.7 Å². The van der Waals surface area contributed by atoms with E-state index in [1.54, 1.807) is 18.0 Å². The Morgan fingerprint density at radius 1 is 1.15 bits per heavy atom. The topological polar surface area (TPSA) is 89.3 Å². The van der Waals surface area contributed by atoms with E-state index >= 15 is 0 Å². The van der Waals surface area contributed by atoms with Gasteiger partial charge < -0.3 is 15.0 Å². The first-order valence-electron chi connectivity index (χ1n) is 11.9. The Labute approximate surface area is 198 Å². The lowest BCUT2D eigenvalue weighted by molar-refractivity contribution is -0.138. The number of carbonyl (C=O) groups is 2. The molecule has 1 atom stereocenters. The molecule has 1 N–H and O–H groups in total. The number of nitrogens with zero attached hydrogens (tertiary/aromatic N) is 4. The van der Waals surface area contributed by atoms with Gasteiger partial charge in [0, 0.05) is 43.5 Å². The third-order valence-corrected chi connectivity index (χ3v) is 6.35. The molecule has 1 aromatic carbocycles. The van der Waals surface area contributed by atoms with Gasteiger partial charge in [0.1, 0.15) is 5.75 Å². The molecule has 0 unspecified atom stereocenters. The van der Waals surface area contributed by atoms with Crippen molar-refractivity contribution in [2.24, 2.45) is 5.92 Å². The molecule has 0 saturated heterocycles. The number of aromatic nitrogens is 3. The maximum atomic E-state index is 13.2. The van der Waals surface area contributed by atoms with Gasteiger partial charge in [-0.15, -0.1) is 0 Å².